The van der Waals surface area contributed by atoms with Crippen LogP contribution in [0.3, 0.4) is 0 Å². The van der Waals surface area contributed by atoms with Crippen molar-refractivity contribution in [3.05, 3.63) is 237 Å². The van der Waals surface area contributed by atoms with Crippen molar-refractivity contribution in [1.82, 2.24) is 0 Å². The van der Waals surface area contributed by atoms with Gasteiger partial charge in [0.25, 0.3) is 0 Å². The van der Waals surface area contributed by atoms with E-state index >= 15 is 0 Å². The van der Waals surface area contributed by atoms with Crippen LogP contribution in [0.2, 0.25) is 0 Å². The summed E-state index contributed by atoms with van der Waals surface area (Å²) < 4.78 is 0. The van der Waals surface area contributed by atoms with Crippen LogP contribution < -0.4 is 4.90 Å². The second kappa shape index (κ2) is 15.0. The summed E-state index contributed by atoms with van der Waals surface area (Å²) in [5, 5.41) is 5.01. The molecule has 0 aliphatic heterocycles. The Morgan fingerprint density at radius 3 is 1.28 bits per heavy atom. The summed E-state index contributed by atoms with van der Waals surface area (Å²) in [7, 11) is 0. The quantitative estimate of drug-likeness (QED) is 0.141. The molecule has 0 amide bonds. The van der Waals surface area contributed by atoms with Crippen molar-refractivity contribution in [2.45, 2.75) is 0 Å². The van der Waals surface area contributed by atoms with Crippen molar-refractivity contribution in [3.8, 4) is 55.6 Å². The van der Waals surface area contributed by atoms with Gasteiger partial charge in [-0.05, 0) is 120 Å². The summed E-state index contributed by atoms with van der Waals surface area (Å²) in [6.45, 7) is 0. The van der Waals surface area contributed by atoms with Crippen molar-refractivity contribution in [1.29, 1.82) is 0 Å². The molecule has 0 atom stereocenters. The van der Waals surface area contributed by atoms with E-state index in [0.717, 1.165) is 22.6 Å². The smallest absolute Gasteiger partial charge is 0.0468 e. The van der Waals surface area contributed by atoms with E-state index in [9.17, 15) is 0 Å². The SMILES string of the molecule is c1ccc(-c2ccc(N(c3ccccc3)c3cccc(-c4ccc5c(c4)c(-c4ccccc4)c(-c4ccccc4)c4ccccc45)c3)cc2-c2ccccc2)cc1. The zero-order valence-electron chi connectivity index (χ0n) is 31.5. The maximum absolute atomic E-state index is 2.41. The standard InChI is InChI=1S/C56H39N/c1-6-19-40(20-7-1)49-36-34-48(39-53(49)41-21-8-2-9-22-41)57(46-28-14-5-15-29-46)47-30-18-27-44(37-47)45-33-35-51-50-31-16-17-32-52(50)55(42-23-10-3-11-24-42)56(54(51)38-45)43-25-12-4-13-26-43/h1-39H. The fourth-order valence-corrected chi connectivity index (χ4v) is 8.43. The van der Waals surface area contributed by atoms with Crippen LogP contribution in [0.25, 0.3) is 77.2 Å². The molecule has 0 heterocycles. The Bertz CT molecular complexity index is 2970. The lowest BCUT2D eigenvalue weighted by molar-refractivity contribution is 1.28. The van der Waals surface area contributed by atoms with Crippen LogP contribution in [-0.2, 0) is 0 Å². The van der Waals surface area contributed by atoms with Crippen LogP contribution in [0.5, 0.6) is 0 Å². The highest BCUT2D eigenvalue weighted by Gasteiger charge is 2.20. The molecule has 0 spiro atoms. The van der Waals surface area contributed by atoms with Crippen LogP contribution >= 0.6 is 0 Å². The molecular weight excluding hydrogens is 687 g/mol. The zero-order valence-corrected chi connectivity index (χ0v) is 31.5. The minimum atomic E-state index is 1.09. The topological polar surface area (TPSA) is 3.24 Å². The fourth-order valence-electron chi connectivity index (χ4n) is 8.43. The van der Waals surface area contributed by atoms with Gasteiger partial charge in [0.05, 0.1) is 0 Å². The first-order valence-corrected chi connectivity index (χ1v) is 19.6. The highest BCUT2D eigenvalue weighted by Crippen LogP contribution is 2.46. The minimum Gasteiger partial charge on any atom is -0.310 e. The first-order valence-electron chi connectivity index (χ1n) is 19.6. The Labute approximate surface area is 334 Å². The van der Waals surface area contributed by atoms with Gasteiger partial charge < -0.3 is 4.90 Å². The van der Waals surface area contributed by atoms with Gasteiger partial charge >= 0.3 is 0 Å². The summed E-state index contributed by atoms with van der Waals surface area (Å²) in [6.07, 6.45) is 0. The number of hydrogen-bond donors (Lipinski definition) is 0. The van der Waals surface area contributed by atoms with Crippen LogP contribution in [0, 0.1) is 0 Å². The molecule has 0 aliphatic carbocycles. The second-order valence-corrected chi connectivity index (χ2v) is 14.5. The molecule has 0 aliphatic rings. The first kappa shape index (κ1) is 34.0. The van der Waals surface area contributed by atoms with Crippen LogP contribution in [0.1, 0.15) is 0 Å². The predicted molar refractivity (Wildman–Crippen MR) is 243 cm³/mol. The molecule has 10 aromatic rings. The fraction of sp³-hybridized carbons (Fsp3) is 0. The van der Waals surface area contributed by atoms with Gasteiger partial charge in [-0.3, -0.25) is 0 Å². The molecule has 57 heavy (non-hydrogen) atoms. The van der Waals surface area contributed by atoms with Crippen molar-refractivity contribution in [3.63, 3.8) is 0 Å². The second-order valence-electron chi connectivity index (χ2n) is 14.5. The molecule has 0 radical (unpaired) electrons. The number of anilines is 3. The first-order chi connectivity index (χ1) is 28.3. The third-order valence-corrected chi connectivity index (χ3v) is 11.0. The molecule has 10 aromatic carbocycles. The van der Waals surface area contributed by atoms with E-state index in [2.05, 4.69) is 241 Å². The number of fused-ring (bicyclic) bond motifs is 3. The summed E-state index contributed by atoms with van der Waals surface area (Å²) >= 11 is 0. The van der Waals surface area contributed by atoms with E-state index in [1.807, 2.05) is 0 Å². The minimum absolute atomic E-state index is 1.09. The maximum Gasteiger partial charge on any atom is 0.0468 e. The number of hydrogen-bond acceptors (Lipinski definition) is 1. The Kier molecular flexibility index (Phi) is 8.95. The van der Waals surface area contributed by atoms with Gasteiger partial charge in [0.1, 0.15) is 0 Å². The van der Waals surface area contributed by atoms with Gasteiger partial charge in [-0.1, -0.05) is 194 Å². The van der Waals surface area contributed by atoms with E-state index in [1.54, 1.807) is 0 Å². The van der Waals surface area contributed by atoms with Crippen molar-refractivity contribution in [2.24, 2.45) is 0 Å². The molecule has 0 N–H and O–H groups in total. The maximum atomic E-state index is 2.41. The average Bonchev–Trinajstić information content (AvgIpc) is 3.30. The number of rotatable bonds is 8. The van der Waals surface area contributed by atoms with E-state index in [-0.39, 0.29) is 0 Å². The molecule has 0 unspecified atom stereocenters. The van der Waals surface area contributed by atoms with E-state index in [1.165, 1.54) is 71.6 Å². The van der Waals surface area contributed by atoms with E-state index < -0.39 is 0 Å². The Morgan fingerprint density at radius 1 is 0.211 bits per heavy atom. The van der Waals surface area contributed by atoms with Gasteiger partial charge in [-0.15, -0.1) is 0 Å². The molecule has 0 bridgehead atoms. The summed E-state index contributed by atoms with van der Waals surface area (Å²) in [5.41, 5.74) is 15.4. The predicted octanol–water partition coefficient (Wildman–Crippen LogP) is 15.8. The molecular formula is C56H39N. The lowest BCUT2D eigenvalue weighted by Crippen LogP contribution is -2.10. The van der Waals surface area contributed by atoms with Gasteiger partial charge in [0.2, 0.25) is 0 Å². The average molecular weight is 726 g/mol. The van der Waals surface area contributed by atoms with Crippen molar-refractivity contribution < 1.29 is 0 Å². The van der Waals surface area contributed by atoms with Crippen LogP contribution in [0.15, 0.2) is 237 Å². The number of nitrogens with zero attached hydrogens (tertiary/aromatic N) is 1. The van der Waals surface area contributed by atoms with Gasteiger partial charge in [0, 0.05) is 17.1 Å². The summed E-state index contributed by atoms with van der Waals surface area (Å²) in [6, 6.07) is 85.6. The normalized spacial score (nSPS) is 11.2. The molecule has 10 rings (SSSR count). The highest BCUT2D eigenvalue weighted by atomic mass is 15.1. The number of benzene rings is 10. The third kappa shape index (κ3) is 6.46. The summed E-state index contributed by atoms with van der Waals surface area (Å²) in [4.78, 5) is 2.38. The number of para-hydroxylation sites is 1. The lowest BCUT2D eigenvalue weighted by Gasteiger charge is -2.27. The Balaban J connectivity index is 1.17. The van der Waals surface area contributed by atoms with Gasteiger partial charge in [0.15, 0.2) is 0 Å². The molecule has 0 fully saturated rings. The van der Waals surface area contributed by atoms with E-state index in [4.69, 9.17) is 0 Å². The molecule has 268 valence electrons. The highest BCUT2D eigenvalue weighted by molar-refractivity contribution is 6.22. The Hall–Kier alpha value is -7.48. The Morgan fingerprint density at radius 2 is 0.649 bits per heavy atom. The largest absolute Gasteiger partial charge is 0.310 e. The molecule has 0 aromatic heterocycles. The molecule has 1 nitrogen and oxygen atoms in total. The third-order valence-electron chi connectivity index (χ3n) is 11.0. The molecule has 0 saturated carbocycles. The van der Waals surface area contributed by atoms with Crippen molar-refractivity contribution in [2.75, 3.05) is 4.90 Å². The lowest BCUT2D eigenvalue weighted by atomic mass is 9.84. The van der Waals surface area contributed by atoms with Gasteiger partial charge in [-0.2, -0.15) is 0 Å². The van der Waals surface area contributed by atoms with E-state index in [0.29, 0.717) is 0 Å². The molecule has 0 saturated heterocycles. The molecule has 1 heteroatoms. The zero-order chi connectivity index (χ0) is 38.0. The van der Waals surface area contributed by atoms with Gasteiger partial charge in [-0.25, -0.2) is 0 Å². The monoisotopic (exact) mass is 725 g/mol. The van der Waals surface area contributed by atoms with Crippen LogP contribution in [-0.4, -0.2) is 0 Å². The van der Waals surface area contributed by atoms with Crippen molar-refractivity contribution >= 4 is 38.6 Å². The summed E-state index contributed by atoms with van der Waals surface area (Å²) in [5.74, 6) is 0. The van der Waals surface area contributed by atoms with Crippen LogP contribution in [0.4, 0.5) is 17.1 Å².